The molecule has 0 saturated heterocycles. The normalized spacial score (nSPS) is 19.6. The molecule has 1 aliphatic heterocycles. The quantitative estimate of drug-likeness (QED) is 0.482. The van der Waals surface area contributed by atoms with Gasteiger partial charge in [-0.15, -0.1) is 0 Å². The van der Waals surface area contributed by atoms with Gasteiger partial charge in [-0.05, 0) is 63.0 Å². The number of allylic oxidation sites excluding steroid dienone is 2. The molecule has 1 N–H and O–H groups in total. The van der Waals surface area contributed by atoms with Crippen molar-refractivity contribution in [3.63, 3.8) is 0 Å². The Hall–Kier alpha value is -2.27. The first-order chi connectivity index (χ1) is 11.8. The highest BCUT2D eigenvalue weighted by Crippen LogP contribution is 2.43. The summed E-state index contributed by atoms with van der Waals surface area (Å²) in [7, 11) is 1.61. The fourth-order valence-corrected chi connectivity index (χ4v) is 2.78. The topological polar surface area (TPSA) is 65.0 Å². The molecule has 1 unspecified atom stereocenters. The lowest BCUT2D eigenvalue weighted by Gasteiger charge is -2.31. The van der Waals surface area contributed by atoms with Crippen molar-refractivity contribution >= 4 is 11.5 Å². The number of rotatable bonds is 6. The standard InChI is InChI=1S/C20H26O5/c1-6-14(3)19(21)24-9-7-8-15-12-20(4,22)25-17-11-13(2)10-16(23-5)18(15)17/h6,10-12,22H,7-9H2,1-5H3/b14-6+. The van der Waals surface area contributed by atoms with E-state index >= 15 is 0 Å². The third-order valence-electron chi connectivity index (χ3n) is 4.09. The summed E-state index contributed by atoms with van der Waals surface area (Å²) < 4.78 is 16.4. The van der Waals surface area contributed by atoms with E-state index in [9.17, 15) is 9.90 Å². The van der Waals surface area contributed by atoms with Crippen LogP contribution in [-0.2, 0) is 9.53 Å². The maximum absolute atomic E-state index is 11.7. The first kappa shape index (κ1) is 19.1. The summed E-state index contributed by atoms with van der Waals surface area (Å²) >= 11 is 0. The second-order valence-electron chi connectivity index (χ2n) is 6.38. The molecule has 1 aromatic carbocycles. The Kier molecular flexibility index (Phi) is 5.90. The van der Waals surface area contributed by atoms with E-state index in [1.165, 1.54) is 0 Å². The number of hydrogen-bond donors (Lipinski definition) is 1. The molecule has 0 bridgehead atoms. The molecule has 0 aromatic heterocycles. The van der Waals surface area contributed by atoms with E-state index in [-0.39, 0.29) is 5.97 Å². The largest absolute Gasteiger partial charge is 0.496 e. The fourth-order valence-electron chi connectivity index (χ4n) is 2.78. The second-order valence-corrected chi connectivity index (χ2v) is 6.38. The Bertz CT molecular complexity index is 713. The van der Waals surface area contributed by atoms with Crippen LogP contribution in [-0.4, -0.2) is 30.6 Å². The van der Waals surface area contributed by atoms with E-state index in [4.69, 9.17) is 14.2 Å². The van der Waals surface area contributed by atoms with Gasteiger partial charge in [0.05, 0.1) is 19.3 Å². The molecule has 5 heteroatoms. The SMILES string of the molecule is C/C=C(\C)C(=O)OCCCC1=CC(C)(O)Oc2cc(C)cc(OC)c21. The van der Waals surface area contributed by atoms with E-state index < -0.39 is 5.79 Å². The van der Waals surface area contributed by atoms with Crippen molar-refractivity contribution in [1.82, 2.24) is 0 Å². The van der Waals surface area contributed by atoms with Crippen LogP contribution in [0.2, 0.25) is 0 Å². The number of carbonyl (C=O) groups excluding carboxylic acids is 1. The summed E-state index contributed by atoms with van der Waals surface area (Å²) in [5, 5.41) is 10.4. The van der Waals surface area contributed by atoms with Crippen molar-refractivity contribution in [3.05, 3.63) is 41.0 Å². The van der Waals surface area contributed by atoms with Gasteiger partial charge in [0.15, 0.2) is 0 Å². The molecular weight excluding hydrogens is 320 g/mol. The smallest absolute Gasteiger partial charge is 0.333 e. The van der Waals surface area contributed by atoms with Gasteiger partial charge in [-0.25, -0.2) is 4.79 Å². The van der Waals surface area contributed by atoms with E-state index in [0.29, 0.717) is 36.5 Å². The molecule has 1 heterocycles. The van der Waals surface area contributed by atoms with Gasteiger partial charge < -0.3 is 19.3 Å². The van der Waals surface area contributed by atoms with Crippen LogP contribution < -0.4 is 9.47 Å². The lowest BCUT2D eigenvalue weighted by Crippen LogP contribution is -2.32. The van der Waals surface area contributed by atoms with Crippen LogP contribution in [0.4, 0.5) is 0 Å². The fraction of sp³-hybridized carbons (Fsp3) is 0.450. The van der Waals surface area contributed by atoms with Crippen LogP contribution in [0.5, 0.6) is 11.5 Å². The van der Waals surface area contributed by atoms with Crippen LogP contribution in [0, 0.1) is 6.92 Å². The van der Waals surface area contributed by atoms with Crippen LogP contribution in [0.25, 0.3) is 5.57 Å². The van der Waals surface area contributed by atoms with Crippen LogP contribution in [0.3, 0.4) is 0 Å². The van der Waals surface area contributed by atoms with Crippen molar-refractivity contribution < 1.29 is 24.1 Å². The Morgan fingerprint density at radius 2 is 2.12 bits per heavy atom. The van der Waals surface area contributed by atoms with Gasteiger partial charge in [-0.2, -0.15) is 0 Å². The highest BCUT2D eigenvalue weighted by molar-refractivity contribution is 5.87. The number of ether oxygens (including phenoxy) is 3. The first-order valence-corrected chi connectivity index (χ1v) is 8.39. The highest BCUT2D eigenvalue weighted by Gasteiger charge is 2.30. The minimum atomic E-state index is -1.38. The average molecular weight is 346 g/mol. The minimum absolute atomic E-state index is 0.302. The zero-order chi connectivity index (χ0) is 18.6. The third kappa shape index (κ3) is 4.63. The van der Waals surface area contributed by atoms with Gasteiger partial charge in [0, 0.05) is 12.5 Å². The summed E-state index contributed by atoms with van der Waals surface area (Å²) in [5.74, 6) is -0.372. The number of aliphatic hydroxyl groups is 1. The molecule has 0 saturated carbocycles. The molecule has 1 atom stereocenters. The number of methoxy groups -OCH3 is 1. The summed E-state index contributed by atoms with van der Waals surface area (Å²) in [6.45, 7) is 7.39. The molecule has 5 nitrogen and oxygen atoms in total. The molecule has 1 aliphatic rings. The van der Waals surface area contributed by atoms with Crippen molar-refractivity contribution in [2.45, 2.75) is 46.3 Å². The second kappa shape index (κ2) is 7.74. The van der Waals surface area contributed by atoms with E-state index in [1.807, 2.05) is 19.1 Å². The monoisotopic (exact) mass is 346 g/mol. The van der Waals surface area contributed by atoms with Gasteiger partial charge in [-0.3, -0.25) is 0 Å². The molecule has 25 heavy (non-hydrogen) atoms. The number of aryl methyl sites for hydroxylation is 1. The number of benzene rings is 1. The predicted molar refractivity (Wildman–Crippen MR) is 96.6 cm³/mol. The molecule has 2 rings (SSSR count). The van der Waals surface area contributed by atoms with Gasteiger partial charge in [0.2, 0.25) is 5.79 Å². The van der Waals surface area contributed by atoms with Gasteiger partial charge in [0.25, 0.3) is 0 Å². The maximum Gasteiger partial charge on any atom is 0.333 e. The number of carbonyl (C=O) groups is 1. The Morgan fingerprint density at radius 3 is 2.76 bits per heavy atom. The minimum Gasteiger partial charge on any atom is -0.496 e. The van der Waals surface area contributed by atoms with E-state index in [2.05, 4.69) is 0 Å². The molecule has 136 valence electrons. The zero-order valence-electron chi connectivity index (χ0n) is 15.5. The third-order valence-corrected chi connectivity index (χ3v) is 4.09. The Morgan fingerprint density at radius 1 is 1.40 bits per heavy atom. The van der Waals surface area contributed by atoms with Crippen LogP contribution in [0.15, 0.2) is 29.9 Å². The molecule has 0 spiro atoms. The summed E-state index contributed by atoms with van der Waals surface area (Å²) in [6.07, 6.45) is 4.69. The predicted octanol–water partition coefficient (Wildman–Crippen LogP) is 3.78. The molecule has 0 fully saturated rings. The van der Waals surface area contributed by atoms with E-state index in [1.54, 1.807) is 40.0 Å². The van der Waals surface area contributed by atoms with Crippen molar-refractivity contribution in [3.8, 4) is 11.5 Å². The summed E-state index contributed by atoms with van der Waals surface area (Å²) in [4.78, 5) is 11.7. The highest BCUT2D eigenvalue weighted by atomic mass is 16.6. The Balaban J connectivity index is 2.15. The van der Waals surface area contributed by atoms with Gasteiger partial charge in [-0.1, -0.05) is 6.08 Å². The molecule has 0 aliphatic carbocycles. The molecular formula is C20H26O5. The van der Waals surface area contributed by atoms with Crippen molar-refractivity contribution in [1.29, 1.82) is 0 Å². The molecule has 0 radical (unpaired) electrons. The van der Waals surface area contributed by atoms with Crippen molar-refractivity contribution in [2.75, 3.05) is 13.7 Å². The Labute approximate surface area is 148 Å². The maximum atomic E-state index is 11.7. The number of esters is 1. The van der Waals surface area contributed by atoms with Gasteiger partial charge >= 0.3 is 5.97 Å². The van der Waals surface area contributed by atoms with E-state index in [0.717, 1.165) is 16.7 Å². The number of fused-ring (bicyclic) bond motifs is 1. The first-order valence-electron chi connectivity index (χ1n) is 8.39. The summed E-state index contributed by atoms with van der Waals surface area (Å²) in [6, 6.07) is 3.82. The summed E-state index contributed by atoms with van der Waals surface area (Å²) in [5.41, 5.74) is 3.34. The van der Waals surface area contributed by atoms with Crippen LogP contribution in [0.1, 0.15) is 44.7 Å². The average Bonchev–Trinajstić information content (AvgIpc) is 2.55. The van der Waals surface area contributed by atoms with Crippen molar-refractivity contribution in [2.24, 2.45) is 0 Å². The van der Waals surface area contributed by atoms with Gasteiger partial charge in [0.1, 0.15) is 11.5 Å². The lowest BCUT2D eigenvalue weighted by molar-refractivity contribution is -0.139. The molecule has 1 aromatic rings. The lowest BCUT2D eigenvalue weighted by atomic mass is 9.93. The number of hydrogen-bond acceptors (Lipinski definition) is 5. The van der Waals surface area contributed by atoms with Crippen LogP contribution >= 0.6 is 0 Å². The molecule has 0 amide bonds. The zero-order valence-corrected chi connectivity index (χ0v) is 15.5.